The smallest absolute Gasteiger partial charge is 0.335 e. The Labute approximate surface area is 255 Å². The number of hydrogen-bond acceptors (Lipinski definition) is 6. The summed E-state index contributed by atoms with van der Waals surface area (Å²) in [7, 11) is 1.32. The average molecular weight is 619 g/mol. The van der Waals surface area contributed by atoms with E-state index < -0.39 is 63.0 Å². The van der Waals surface area contributed by atoms with E-state index in [1.165, 1.54) is 37.4 Å². The molecule has 0 spiro atoms. The lowest BCUT2D eigenvalue weighted by molar-refractivity contribution is -0.138. The molecule has 2 saturated heterocycles. The molecule has 0 radical (unpaired) electrons. The van der Waals surface area contributed by atoms with Crippen LogP contribution in [0.2, 0.25) is 0 Å². The standard InChI is InChI=1S/C32H24Cl2N2O7/c1-35-29(42)31(33)14-22-20(25(32(31,34)30(35)43)19-11-12-23(37)18-8-3-2-7-17(18)19)9-10-21-24(22)27(39)36(26(21)38)16-6-4-5-15(13-16)28(40)41/h2-9,11-13,21-22,24-25,37H,10,14H2,1H3,(H,40,41)/t21-,22+,24-,25-,31+,32-/m0/s1. The maximum Gasteiger partial charge on any atom is 0.335 e. The fourth-order valence-corrected chi connectivity index (χ4v) is 8.69. The number of carbonyl (C=O) groups excluding carboxylic acids is 4. The first-order valence-electron chi connectivity index (χ1n) is 13.7. The van der Waals surface area contributed by atoms with Gasteiger partial charge in [-0.25, -0.2) is 4.79 Å². The first-order chi connectivity index (χ1) is 20.4. The van der Waals surface area contributed by atoms with E-state index in [1.54, 1.807) is 30.3 Å². The van der Waals surface area contributed by atoms with Crippen LogP contribution >= 0.6 is 23.2 Å². The van der Waals surface area contributed by atoms with Gasteiger partial charge in [0.15, 0.2) is 9.75 Å². The third-order valence-corrected chi connectivity index (χ3v) is 11.0. The van der Waals surface area contributed by atoms with E-state index >= 15 is 0 Å². The minimum absolute atomic E-state index is 0.0203. The number of carboxylic acid groups (broad SMARTS) is 1. The molecule has 3 fully saturated rings. The van der Waals surface area contributed by atoms with Gasteiger partial charge in [0.2, 0.25) is 11.8 Å². The number of hydrogen-bond donors (Lipinski definition) is 2. The monoisotopic (exact) mass is 618 g/mol. The molecule has 4 aliphatic rings. The van der Waals surface area contributed by atoms with Gasteiger partial charge < -0.3 is 10.2 Å². The van der Waals surface area contributed by atoms with Gasteiger partial charge in [0.25, 0.3) is 11.8 Å². The Hall–Kier alpha value is -4.21. The molecule has 2 aliphatic carbocycles. The van der Waals surface area contributed by atoms with Gasteiger partial charge in [0.1, 0.15) is 5.75 Å². The van der Waals surface area contributed by atoms with Gasteiger partial charge >= 0.3 is 5.97 Å². The highest BCUT2D eigenvalue weighted by atomic mass is 35.5. The fraction of sp³-hybridized carbons (Fsp3) is 0.281. The van der Waals surface area contributed by atoms with Crippen LogP contribution in [0, 0.1) is 17.8 Å². The Balaban J connectivity index is 1.42. The van der Waals surface area contributed by atoms with Gasteiger partial charge in [-0.3, -0.25) is 29.0 Å². The summed E-state index contributed by atoms with van der Waals surface area (Å²) in [5.74, 6) is -6.94. The predicted octanol–water partition coefficient (Wildman–Crippen LogP) is 4.44. The van der Waals surface area contributed by atoms with Crippen molar-refractivity contribution in [1.29, 1.82) is 0 Å². The first-order valence-corrected chi connectivity index (χ1v) is 14.5. The second-order valence-corrected chi connectivity index (χ2v) is 12.8. The van der Waals surface area contributed by atoms with Crippen LogP contribution in [-0.2, 0) is 19.2 Å². The summed E-state index contributed by atoms with van der Waals surface area (Å²) < 4.78 is 0. The quantitative estimate of drug-likeness (QED) is 0.252. The molecule has 11 heteroatoms. The van der Waals surface area contributed by atoms with E-state index in [2.05, 4.69) is 0 Å². The SMILES string of the molecule is CN1C(=O)[C@]2(Cl)C[C@@H]3C(=CC[C@@H]4C(=O)N(c5cccc(C(=O)O)c5)C(=O)[C@@H]43)[C@H](c3ccc(O)c4ccccc34)[C@]2(Cl)C1=O. The minimum atomic E-state index is -1.95. The molecular weight excluding hydrogens is 595 g/mol. The molecule has 2 heterocycles. The molecule has 9 nitrogen and oxygen atoms in total. The highest BCUT2D eigenvalue weighted by Gasteiger charge is 2.76. The van der Waals surface area contributed by atoms with Gasteiger partial charge in [-0.15, -0.1) is 23.2 Å². The maximum atomic E-state index is 14.1. The summed E-state index contributed by atoms with van der Waals surface area (Å²) in [4.78, 5) is 65.0. The second-order valence-electron chi connectivity index (χ2n) is 11.6. The third-order valence-electron chi connectivity index (χ3n) is 9.61. The normalized spacial score (nSPS) is 31.7. The van der Waals surface area contributed by atoms with E-state index in [9.17, 15) is 34.2 Å². The van der Waals surface area contributed by atoms with Crippen molar-refractivity contribution in [3.8, 4) is 5.75 Å². The highest BCUT2D eigenvalue weighted by Crippen LogP contribution is 2.66. The van der Waals surface area contributed by atoms with Crippen molar-refractivity contribution < 1.29 is 34.2 Å². The number of aromatic hydroxyl groups is 1. The molecule has 7 rings (SSSR count). The van der Waals surface area contributed by atoms with Gasteiger partial charge in [0, 0.05) is 18.4 Å². The topological polar surface area (TPSA) is 132 Å². The van der Waals surface area contributed by atoms with Crippen LogP contribution < -0.4 is 4.90 Å². The summed E-state index contributed by atoms with van der Waals surface area (Å²) in [6.07, 6.45) is 1.84. The molecule has 218 valence electrons. The van der Waals surface area contributed by atoms with E-state index in [-0.39, 0.29) is 29.8 Å². The van der Waals surface area contributed by atoms with Crippen LogP contribution in [0.4, 0.5) is 5.69 Å². The summed E-state index contributed by atoms with van der Waals surface area (Å²) >= 11 is 14.5. The van der Waals surface area contributed by atoms with Gasteiger partial charge in [0.05, 0.1) is 23.1 Å². The predicted molar refractivity (Wildman–Crippen MR) is 157 cm³/mol. The number of imide groups is 2. The van der Waals surface area contributed by atoms with Crippen molar-refractivity contribution in [3.05, 3.63) is 83.4 Å². The number of likely N-dealkylation sites (tertiary alicyclic amines) is 1. The number of phenols is 1. The van der Waals surface area contributed by atoms with Crippen LogP contribution in [0.1, 0.15) is 34.7 Å². The molecule has 0 unspecified atom stereocenters. The summed E-state index contributed by atoms with van der Waals surface area (Å²) in [6, 6.07) is 15.8. The molecular formula is C32H24Cl2N2O7. The van der Waals surface area contributed by atoms with Crippen molar-refractivity contribution >= 4 is 69.3 Å². The lowest BCUT2D eigenvalue weighted by Gasteiger charge is -2.51. The zero-order chi connectivity index (χ0) is 30.6. The van der Waals surface area contributed by atoms with E-state index in [1.807, 2.05) is 6.08 Å². The van der Waals surface area contributed by atoms with Gasteiger partial charge in [-0.2, -0.15) is 0 Å². The minimum Gasteiger partial charge on any atom is -0.507 e. The van der Waals surface area contributed by atoms with Crippen LogP contribution in [0.3, 0.4) is 0 Å². The molecule has 4 amide bonds. The zero-order valence-corrected chi connectivity index (χ0v) is 24.2. The Kier molecular flexibility index (Phi) is 5.87. The van der Waals surface area contributed by atoms with Gasteiger partial charge in [-0.1, -0.05) is 48.0 Å². The summed E-state index contributed by atoms with van der Waals surface area (Å²) in [5, 5.41) is 21.2. The maximum absolute atomic E-state index is 14.1. The van der Waals surface area contributed by atoms with Crippen LogP contribution in [-0.4, -0.2) is 61.5 Å². The molecule has 6 atom stereocenters. The third kappa shape index (κ3) is 3.43. The molecule has 2 aliphatic heterocycles. The van der Waals surface area contributed by atoms with Crippen molar-refractivity contribution in [2.45, 2.75) is 28.5 Å². The Morgan fingerprint density at radius 2 is 1.63 bits per heavy atom. The van der Waals surface area contributed by atoms with Crippen molar-refractivity contribution in [3.63, 3.8) is 0 Å². The number of carboxylic acids is 1. The van der Waals surface area contributed by atoms with E-state index in [0.717, 1.165) is 9.80 Å². The van der Waals surface area contributed by atoms with Crippen LogP contribution in [0.25, 0.3) is 10.8 Å². The number of phenolic OH excluding ortho intramolecular Hbond substituents is 1. The highest BCUT2D eigenvalue weighted by molar-refractivity contribution is 6.53. The van der Waals surface area contributed by atoms with Gasteiger partial charge in [-0.05, 0) is 54.0 Å². The van der Waals surface area contributed by atoms with Crippen molar-refractivity contribution in [2.24, 2.45) is 17.8 Å². The number of anilines is 1. The summed E-state index contributed by atoms with van der Waals surface area (Å²) in [6.45, 7) is 0. The summed E-state index contributed by atoms with van der Waals surface area (Å²) in [5.41, 5.74) is 1.25. The molecule has 3 aromatic rings. The number of alkyl halides is 2. The van der Waals surface area contributed by atoms with E-state index in [4.69, 9.17) is 23.2 Å². The number of rotatable bonds is 3. The number of carbonyl (C=O) groups is 5. The molecule has 43 heavy (non-hydrogen) atoms. The Morgan fingerprint density at radius 1 is 0.907 bits per heavy atom. The Morgan fingerprint density at radius 3 is 2.35 bits per heavy atom. The average Bonchev–Trinajstić information content (AvgIpc) is 3.33. The molecule has 0 bridgehead atoms. The first kappa shape index (κ1) is 27.6. The van der Waals surface area contributed by atoms with Crippen molar-refractivity contribution in [1.82, 2.24) is 4.90 Å². The number of nitrogens with zero attached hydrogens (tertiary/aromatic N) is 2. The number of allylic oxidation sites excluding steroid dienone is 2. The molecule has 2 N–H and O–H groups in total. The van der Waals surface area contributed by atoms with E-state index in [0.29, 0.717) is 21.9 Å². The second kappa shape index (κ2) is 9.14. The number of benzene rings is 3. The largest absolute Gasteiger partial charge is 0.507 e. The van der Waals surface area contributed by atoms with Crippen molar-refractivity contribution in [2.75, 3.05) is 11.9 Å². The molecule has 0 aromatic heterocycles. The fourth-order valence-electron chi connectivity index (χ4n) is 7.68. The Bertz CT molecular complexity index is 1860. The molecule has 3 aromatic carbocycles. The molecule has 1 saturated carbocycles. The number of amides is 4. The number of aromatic carboxylic acids is 1. The van der Waals surface area contributed by atoms with Crippen LogP contribution in [0.5, 0.6) is 5.75 Å². The lowest BCUT2D eigenvalue weighted by atomic mass is 9.56. The number of fused-ring (bicyclic) bond motifs is 5. The number of halogens is 2. The zero-order valence-electron chi connectivity index (χ0n) is 22.7. The lowest BCUT2D eigenvalue weighted by Crippen LogP contribution is -2.60. The van der Waals surface area contributed by atoms with Crippen LogP contribution in [0.15, 0.2) is 72.3 Å².